The van der Waals surface area contributed by atoms with E-state index in [2.05, 4.69) is 22.1 Å². The predicted molar refractivity (Wildman–Crippen MR) is 83.4 cm³/mol. The Kier molecular flexibility index (Phi) is 3.94. The first-order valence-corrected chi connectivity index (χ1v) is 7.84. The molecule has 0 aromatic carbocycles. The van der Waals surface area contributed by atoms with Gasteiger partial charge in [0.1, 0.15) is 11.5 Å². The van der Waals surface area contributed by atoms with E-state index >= 15 is 0 Å². The van der Waals surface area contributed by atoms with Crippen LogP contribution in [0.1, 0.15) is 36.8 Å². The lowest BCUT2D eigenvalue weighted by molar-refractivity contribution is -0.141. The summed E-state index contributed by atoms with van der Waals surface area (Å²) in [6.07, 6.45) is -3.17. The number of halogens is 3. The van der Waals surface area contributed by atoms with Gasteiger partial charge in [-0.3, -0.25) is 5.10 Å². The van der Waals surface area contributed by atoms with Crippen molar-refractivity contribution in [1.82, 2.24) is 19.7 Å². The van der Waals surface area contributed by atoms with Gasteiger partial charge in [0.2, 0.25) is 5.88 Å². The summed E-state index contributed by atoms with van der Waals surface area (Å²) in [6.45, 7) is 2.06. The molecule has 0 aliphatic heterocycles. The molecule has 1 fully saturated rings. The number of H-pyrrole nitrogens is 1. The molecule has 3 rings (SSSR count). The van der Waals surface area contributed by atoms with Gasteiger partial charge in [0.15, 0.2) is 4.77 Å². The van der Waals surface area contributed by atoms with E-state index in [0.29, 0.717) is 34.9 Å². The summed E-state index contributed by atoms with van der Waals surface area (Å²) in [5.41, 5.74) is -1.10. The zero-order valence-corrected chi connectivity index (χ0v) is 14.3. The molecule has 0 atom stereocenters. The fraction of sp³-hybridized carbons (Fsp3) is 0.533. The molecule has 1 aliphatic carbocycles. The van der Waals surface area contributed by atoms with Crippen molar-refractivity contribution in [3.05, 3.63) is 34.0 Å². The zero-order chi connectivity index (χ0) is 17.7. The molecule has 0 radical (unpaired) electrons. The van der Waals surface area contributed by atoms with Gasteiger partial charge in [-0.05, 0) is 42.6 Å². The minimum atomic E-state index is -4.54. The lowest BCUT2D eigenvalue weighted by Gasteiger charge is -2.46. The van der Waals surface area contributed by atoms with Crippen LogP contribution in [-0.2, 0) is 18.6 Å². The smallest absolute Gasteiger partial charge is 0.433 e. The third-order valence-corrected chi connectivity index (χ3v) is 4.92. The number of nitrogens with one attached hydrogen (secondary N) is 1. The number of aromatic nitrogens is 4. The van der Waals surface area contributed by atoms with Crippen LogP contribution in [0.3, 0.4) is 0 Å². The first kappa shape index (κ1) is 16.9. The van der Waals surface area contributed by atoms with E-state index < -0.39 is 17.3 Å². The third kappa shape index (κ3) is 2.60. The summed E-state index contributed by atoms with van der Waals surface area (Å²) in [6, 6.07) is 2.64. The van der Waals surface area contributed by atoms with Crippen LogP contribution in [0.15, 0.2) is 12.1 Å². The molecule has 24 heavy (non-hydrogen) atoms. The van der Waals surface area contributed by atoms with Crippen LogP contribution in [0, 0.1) is 10.7 Å². The maximum atomic E-state index is 13.2. The Hall–Kier alpha value is -1.90. The fourth-order valence-electron chi connectivity index (χ4n) is 3.48. The highest BCUT2D eigenvalue weighted by Gasteiger charge is 2.49. The van der Waals surface area contributed by atoms with Gasteiger partial charge in [-0.2, -0.15) is 18.3 Å². The van der Waals surface area contributed by atoms with E-state index in [4.69, 9.17) is 17.0 Å². The molecule has 0 bridgehead atoms. The number of rotatable bonds is 3. The van der Waals surface area contributed by atoms with Crippen molar-refractivity contribution in [3.63, 3.8) is 0 Å². The van der Waals surface area contributed by atoms with Gasteiger partial charge in [-0.15, -0.1) is 0 Å². The van der Waals surface area contributed by atoms with Crippen molar-refractivity contribution in [2.24, 2.45) is 13.0 Å². The van der Waals surface area contributed by atoms with Gasteiger partial charge in [0.25, 0.3) is 0 Å². The number of pyridine rings is 1. The lowest BCUT2D eigenvalue weighted by atomic mass is 9.58. The van der Waals surface area contributed by atoms with Gasteiger partial charge in [-0.1, -0.05) is 6.92 Å². The molecule has 0 amide bonds. The summed E-state index contributed by atoms with van der Waals surface area (Å²) in [5, 5.41) is 6.99. The summed E-state index contributed by atoms with van der Waals surface area (Å²) in [5.74, 6) is 0.950. The number of ether oxygens (including phenoxy) is 1. The van der Waals surface area contributed by atoms with E-state index in [1.807, 2.05) is 0 Å². The number of nitrogens with zero attached hydrogens (tertiary/aromatic N) is 3. The Labute approximate surface area is 141 Å². The van der Waals surface area contributed by atoms with Crippen LogP contribution >= 0.6 is 12.2 Å². The summed E-state index contributed by atoms with van der Waals surface area (Å²) in [7, 11) is 3.06. The van der Waals surface area contributed by atoms with Crippen molar-refractivity contribution in [3.8, 4) is 5.88 Å². The minimum absolute atomic E-state index is 0.0597. The third-order valence-electron chi connectivity index (χ3n) is 4.56. The van der Waals surface area contributed by atoms with Crippen LogP contribution in [0.4, 0.5) is 13.2 Å². The van der Waals surface area contributed by atoms with Crippen molar-refractivity contribution in [2.75, 3.05) is 7.11 Å². The van der Waals surface area contributed by atoms with E-state index in [9.17, 15) is 13.2 Å². The molecule has 130 valence electrons. The normalized spacial score (nSPS) is 23.8. The Morgan fingerprint density at radius 3 is 2.50 bits per heavy atom. The number of alkyl halides is 3. The zero-order valence-electron chi connectivity index (χ0n) is 13.4. The molecule has 2 aromatic heterocycles. The van der Waals surface area contributed by atoms with Gasteiger partial charge in [-0.25, -0.2) is 4.98 Å². The van der Waals surface area contributed by atoms with Gasteiger partial charge >= 0.3 is 6.18 Å². The Balaban J connectivity index is 2.20. The molecular formula is C15H17F3N4OS. The van der Waals surface area contributed by atoms with E-state index in [0.717, 1.165) is 6.07 Å². The number of hydrogen-bond acceptors (Lipinski definition) is 4. The summed E-state index contributed by atoms with van der Waals surface area (Å²) < 4.78 is 46.7. The molecule has 9 heteroatoms. The van der Waals surface area contributed by atoms with E-state index in [1.165, 1.54) is 7.11 Å². The minimum Gasteiger partial charge on any atom is -0.481 e. The van der Waals surface area contributed by atoms with E-state index in [-0.39, 0.29) is 5.88 Å². The van der Waals surface area contributed by atoms with E-state index in [1.54, 1.807) is 17.7 Å². The highest BCUT2D eigenvalue weighted by Crippen LogP contribution is 2.52. The molecule has 2 aromatic rings. The summed E-state index contributed by atoms with van der Waals surface area (Å²) >= 11 is 5.16. The molecule has 1 aliphatic rings. The molecule has 2 heterocycles. The monoisotopic (exact) mass is 358 g/mol. The molecular weight excluding hydrogens is 341 g/mol. The Morgan fingerprint density at radius 1 is 1.38 bits per heavy atom. The predicted octanol–water partition coefficient (Wildman–Crippen LogP) is 3.62. The number of methoxy groups -OCH3 is 1. The number of aromatic amines is 1. The standard InChI is InChI=1S/C15H17F3N4OS/c1-8-6-14(7-8,12-20-21-13(24)22(12)2)9-4-10(15(16,17)18)19-11(5-9)23-3/h4-5,8H,6-7H2,1-3H3,(H,21,24). The van der Waals surface area contributed by atoms with Crippen LogP contribution in [0.25, 0.3) is 0 Å². The lowest BCUT2D eigenvalue weighted by Crippen LogP contribution is -2.43. The Morgan fingerprint density at radius 2 is 2.04 bits per heavy atom. The maximum absolute atomic E-state index is 13.2. The highest BCUT2D eigenvalue weighted by atomic mass is 32.1. The maximum Gasteiger partial charge on any atom is 0.433 e. The van der Waals surface area contributed by atoms with Crippen LogP contribution < -0.4 is 4.74 Å². The molecule has 0 unspecified atom stereocenters. The second-order valence-corrected chi connectivity index (χ2v) is 6.67. The molecule has 0 spiro atoms. The largest absolute Gasteiger partial charge is 0.481 e. The second kappa shape index (κ2) is 5.58. The van der Waals surface area contributed by atoms with Crippen molar-refractivity contribution < 1.29 is 17.9 Å². The highest BCUT2D eigenvalue weighted by molar-refractivity contribution is 7.71. The number of hydrogen-bond donors (Lipinski definition) is 1. The quantitative estimate of drug-likeness (QED) is 0.852. The first-order chi connectivity index (χ1) is 11.2. The SMILES string of the molecule is COc1cc(C2(c3n[nH]c(=S)n3C)CC(C)C2)cc(C(F)(F)F)n1. The van der Waals surface area contributed by atoms with Gasteiger partial charge in [0.05, 0.1) is 12.5 Å². The fourth-order valence-corrected chi connectivity index (χ4v) is 3.62. The van der Waals surface area contributed by atoms with Crippen molar-refractivity contribution in [1.29, 1.82) is 0 Å². The molecule has 1 N–H and O–H groups in total. The topological polar surface area (TPSA) is 55.7 Å². The van der Waals surface area contributed by atoms with Crippen LogP contribution in [-0.4, -0.2) is 26.9 Å². The Bertz CT molecular complexity index is 821. The van der Waals surface area contributed by atoms with Gasteiger partial charge in [0, 0.05) is 13.1 Å². The molecule has 0 saturated heterocycles. The van der Waals surface area contributed by atoms with Gasteiger partial charge < -0.3 is 9.30 Å². The summed E-state index contributed by atoms with van der Waals surface area (Å²) in [4.78, 5) is 3.53. The first-order valence-electron chi connectivity index (χ1n) is 7.43. The average molecular weight is 358 g/mol. The van der Waals surface area contributed by atoms with Crippen LogP contribution in [0.2, 0.25) is 0 Å². The average Bonchev–Trinajstić information content (AvgIpc) is 2.82. The van der Waals surface area contributed by atoms with Crippen molar-refractivity contribution >= 4 is 12.2 Å². The van der Waals surface area contributed by atoms with Crippen LogP contribution in [0.5, 0.6) is 5.88 Å². The second-order valence-electron chi connectivity index (χ2n) is 6.29. The molecule has 5 nitrogen and oxygen atoms in total. The molecule has 1 saturated carbocycles. The van der Waals surface area contributed by atoms with Crippen molar-refractivity contribution in [2.45, 2.75) is 31.4 Å².